The van der Waals surface area contributed by atoms with Gasteiger partial charge in [0.25, 0.3) is 0 Å². The van der Waals surface area contributed by atoms with Crippen molar-refractivity contribution in [3.63, 3.8) is 0 Å². The van der Waals surface area contributed by atoms with Crippen LogP contribution in [-0.4, -0.2) is 35.5 Å². The first-order valence-corrected chi connectivity index (χ1v) is 5.50. The van der Waals surface area contributed by atoms with E-state index in [4.69, 9.17) is 9.84 Å². The Labute approximate surface area is 90.2 Å². The van der Waals surface area contributed by atoms with Crippen LogP contribution in [0.4, 0.5) is 0 Å². The summed E-state index contributed by atoms with van der Waals surface area (Å²) in [7, 11) is 1.50. The van der Waals surface area contributed by atoms with E-state index in [1.165, 1.54) is 7.11 Å². The molecule has 0 bridgehead atoms. The molecule has 0 heterocycles. The average molecular weight is 216 g/mol. The molecule has 0 radical (unpaired) electrons. The van der Waals surface area contributed by atoms with Crippen LogP contribution >= 0.6 is 0 Å². The van der Waals surface area contributed by atoms with Crippen molar-refractivity contribution >= 4 is 5.97 Å². The van der Waals surface area contributed by atoms with Gasteiger partial charge in [-0.05, 0) is 25.2 Å². The molecule has 15 heavy (non-hydrogen) atoms. The summed E-state index contributed by atoms with van der Waals surface area (Å²) in [6, 6.07) is 0. The van der Waals surface area contributed by atoms with E-state index in [1.54, 1.807) is 0 Å². The van der Waals surface area contributed by atoms with Gasteiger partial charge in [0, 0.05) is 7.11 Å². The zero-order chi connectivity index (χ0) is 11.5. The number of aliphatic hydroxyl groups is 1. The molecule has 88 valence electrons. The summed E-state index contributed by atoms with van der Waals surface area (Å²) in [6.45, 7) is 2.05. The van der Waals surface area contributed by atoms with Gasteiger partial charge in [0.15, 0.2) is 0 Å². The van der Waals surface area contributed by atoms with Gasteiger partial charge in [-0.3, -0.25) is 4.79 Å². The number of carboxylic acid groups (broad SMARTS) is 1. The topological polar surface area (TPSA) is 66.8 Å². The molecule has 4 nitrogen and oxygen atoms in total. The molecule has 1 aliphatic rings. The molecular formula is C11H20O4. The van der Waals surface area contributed by atoms with E-state index in [-0.39, 0.29) is 12.5 Å². The van der Waals surface area contributed by atoms with Gasteiger partial charge >= 0.3 is 5.97 Å². The number of ether oxygens (including phenoxy) is 1. The second-order valence-corrected chi connectivity index (χ2v) is 4.38. The molecule has 0 aromatic heterocycles. The van der Waals surface area contributed by atoms with Crippen LogP contribution in [-0.2, 0) is 9.53 Å². The summed E-state index contributed by atoms with van der Waals surface area (Å²) >= 11 is 0. The van der Waals surface area contributed by atoms with Gasteiger partial charge in [-0.2, -0.15) is 0 Å². The number of carboxylic acids is 1. The maximum Gasteiger partial charge on any atom is 0.309 e. The molecule has 1 fully saturated rings. The molecule has 2 atom stereocenters. The fraction of sp³-hybridized carbons (Fsp3) is 0.909. The zero-order valence-corrected chi connectivity index (χ0v) is 9.40. The minimum absolute atomic E-state index is 0.102. The maximum absolute atomic E-state index is 11.1. The summed E-state index contributed by atoms with van der Waals surface area (Å²) in [5.74, 6) is -1.51. The number of aliphatic carboxylic acids is 1. The third kappa shape index (κ3) is 2.69. The number of hydrogen-bond acceptors (Lipinski definition) is 3. The van der Waals surface area contributed by atoms with E-state index in [0.29, 0.717) is 6.42 Å². The Hall–Kier alpha value is -0.610. The molecule has 0 spiro atoms. The Morgan fingerprint density at radius 2 is 2.20 bits per heavy atom. The first-order valence-electron chi connectivity index (χ1n) is 5.50. The maximum atomic E-state index is 11.1. The van der Waals surface area contributed by atoms with Crippen LogP contribution in [0, 0.1) is 11.8 Å². The van der Waals surface area contributed by atoms with Gasteiger partial charge in [-0.1, -0.05) is 13.3 Å². The average Bonchev–Trinajstić information content (AvgIpc) is 2.96. The largest absolute Gasteiger partial charge is 0.481 e. The van der Waals surface area contributed by atoms with Crippen LogP contribution in [0.3, 0.4) is 0 Å². The van der Waals surface area contributed by atoms with Crippen molar-refractivity contribution in [3.05, 3.63) is 0 Å². The fourth-order valence-electron chi connectivity index (χ4n) is 2.19. The first kappa shape index (κ1) is 12.5. The highest BCUT2D eigenvalue weighted by Crippen LogP contribution is 2.45. The van der Waals surface area contributed by atoms with Crippen LogP contribution in [0.15, 0.2) is 0 Å². The quantitative estimate of drug-likeness (QED) is 0.672. The fourth-order valence-corrected chi connectivity index (χ4v) is 2.19. The third-order valence-corrected chi connectivity index (χ3v) is 3.14. The van der Waals surface area contributed by atoms with Crippen molar-refractivity contribution in [2.75, 3.05) is 13.7 Å². The lowest BCUT2D eigenvalue weighted by atomic mass is 9.81. The molecule has 0 aromatic carbocycles. The van der Waals surface area contributed by atoms with Crippen molar-refractivity contribution in [2.24, 2.45) is 11.8 Å². The molecular weight excluding hydrogens is 196 g/mol. The van der Waals surface area contributed by atoms with Gasteiger partial charge in [0.05, 0.1) is 12.5 Å². The van der Waals surface area contributed by atoms with E-state index in [9.17, 15) is 9.90 Å². The lowest BCUT2D eigenvalue weighted by molar-refractivity contribution is -0.160. The Morgan fingerprint density at radius 3 is 2.53 bits per heavy atom. The van der Waals surface area contributed by atoms with Gasteiger partial charge < -0.3 is 14.9 Å². The molecule has 4 heteroatoms. The standard InChI is InChI=1S/C11H20O4/c1-3-4-9(10(12)13)11(14,7-15-2)8-5-6-8/h8-9,14H,3-7H2,1-2H3,(H,12,13). The van der Waals surface area contributed by atoms with Crippen molar-refractivity contribution < 1.29 is 19.7 Å². The molecule has 1 rings (SSSR count). The number of rotatable bonds is 7. The zero-order valence-electron chi connectivity index (χ0n) is 9.40. The summed E-state index contributed by atoms with van der Waals surface area (Å²) in [5.41, 5.74) is -1.17. The number of methoxy groups -OCH3 is 1. The summed E-state index contributed by atoms with van der Waals surface area (Å²) in [6.07, 6.45) is 3.09. The SMILES string of the molecule is CCCC(C(=O)O)C(O)(COC)C1CC1. The summed E-state index contributed by atoms with van der Waals surface area (Å²) in [4.78, 5) is 11.1. The Balaban J connectivity index is 2.78. The predicted octanol–water partition coefficient (Wildman–Crippen LogP) is 1.27. The first-order chi connectivity index (χ1) is 7.06. The van der Waals surface area contributed by atoms with Crippen molar-refractivity contribution in [1.29, 1.82) is 0 Å². The molecule has 0 saturated heterocycles. The minimum atomic E-state index is -1.17. The minimum Gasteiger partial charge on any atom is -0.481 e. The van der Waals surface area contributed by atoms with Gasteiger partial charge in [-0.15, -0.1) is 0 Å². The number of carbonyl (C=O) groups is 1. The highest BCUT2D eigenvalue weighted by atomic mass is 16.5. The normalized spacial score (nSPS) is 22.1. The number of hydrogen-bond donors (Lipinski definition) is 2. The molecule has 1 aliphatic carbocycles. The Morgan fingerprint density at radius 1 is 1.60 bits per heavy atom. The highest BCUT2D eigenvalue weighted by Gasteiger charge is 2.51. The Bertz CT molecular complexity index is 225. The third-order valence-electron chi connectivity index (χ3n) is 3.14. The molecule has 1 saturated carbocycles. The summed E-state index contributed by atoms with van der Waals surface area (Å²) in [5, 5.41) is 19.5. The van der Waals surface area contributed by atoms with Gasteiger partial charge in [0.2, 0.25) is 0 Å². The predicted molar refractivity (Wildman–Crippen MR) is 55.6 cm³/mol. The molecule has 2 N–H and O–H groups in total. The van der Waals surface area contributed by atoms with Gasteiger partial charge in [0.1, 0.15) is 5.60 Å². The Kier molecular flexibility index (Phi) is 4.11. The molecule has 0 aliphatic heterocycles. The smallest absolute Gasteiger partial charge is 0.309 e. The van der Waals surface area contributed by atoms with Crippen LogP contribution in [0.5, 0.6) is 0 Å². The second kappa shape index (κ2) is 4.94. The van der Waals surface area contributed by atoms with E-state index < -0.39 is 17.5 Å². The van der Waals surface area contributed by atoms with Gasteiger partial charge in [-0.25, -0.2) is 0 Å². The van der Waals surface area contributed by atoms with Crippen LogP contribution in [0.2, 0.25) is 0 Å². The van der Waals surface area contributed by atoms with Crippen LogP contribution < -0.4 is 0 Å². The van der Waals surface area contributed by atoms with Crippen LogP contribution in [0.1, 0.15) is 32.6 Å². The summed E-state index contributed by atoms with van der Waals surface area (Å²) < 4.78 is 4.97. The lowest BCUT2D eigenvalue weighted by Gasteiger charge is -2.33. The van der Waals surface area contributed by atoms with E-state index in [2.05, 4.69) is 0 Å². The monoisotopic (exact) mass is 216 g/mol. The van der Waals surface area contributed by atoms with E-state index in [0.717, 1.165) is 19.3 Å². The van der Waals surface area contributed by atoms with E-state index in [1.807, 2.05) is 6.92 Å². The molecule has 2 unspecified atom stereocenters. The lowest BCUT2D eigenvalue weighted by Crippen LogP contribution is -2.48. The van der Waals surface area contributed by atoms with Crippen molar-refractivity contribution in [2.45, 2.75) is 38.2 Å². The van der Waals surface area contributed by atoms with Crippen molar-refractivity contribution in [3.8, 4) is 0 Å². The van der Waals surface area contributed by atoms with Crippen molar-refractivity contribution in [1.82, 2.24) is 0 Å². The van der Waals surface area contributed by atoms with Crippen LogP contribution in [0.25, 0.3) is 0 Å². The second-order valence-electron chi connectivity index (χ2n) is 4.38. The highest BCUT2D eigenvalue weighted by molar-refractivity contribution is 5.71. The van der Waals surface area contributed by atoms with E-state index >= 15 is 0 Å². The molecule has 0 aromatic rings. The molecule has 0 amide bonds.